The quantitative estimate of drug-likeness (QED) is 0.488. The second-order valence-corrected chi connectivity index (χ2v) is 6.64. The molecule has 1 rings (SSSR count). The van der Waals surface area contributed by atoms with Gasteiger partial charge >= 0.3 is 5.97 Å². The molecule has 4 nitrogen and oxygen atoms in total. The van der Waals surface area contributed by atoms with E-state index < -0.39 is 5.54 Å². The van der Waals surface area contributed by atoms with Gasteiger partial charge < -0.3 is 4.74 Å². The van der Waals surface area contributed by atoms with Crippen molar-refractivity contribution in [2.75, 3.05) is 33.3 Å². The van der Waals surface area contributed by atoms with E-state index >= 15 is 0 Å². The minimum Gasteiger partial charge on any atom is -0.468 e. The summed E-state index contributed by atoms with van der Waals surface area (Å²) in [6, 6.07) is 0. The van der Waals surface area contributed by atoms with Crippen LogP contribution >= 0.6 is 0 Å². The van der Waals surface area contributed by atoms with Crippen LogP contribution in [0.25, 0.3) is 0 Å². The Labute approximate surface area is 148 Å². The maximum Gasteiger partial charge on any atom is 0.326 e. The zero-order valence-electron chi connectivity index (χ0n) is 16.3. The highest BCUT2D eigenvalue weighted by Gasteiger charge is 2.35. The third-order valence-corrected chi connectivity index (χ3v) is 5.25. The molecular formula is C20H36N2O2. The summed E-state index contributed by atoms with van der Waals surface area (Å²) in [6.07, 6.45) is 9.61. The Morgan fingerprint density at radius 3 is 2.29 bits per heavy atom. The first-order valence-electron chi connectivity index (χ1n) is 9.45. The van der Waals surface area contributed by atoms with Crippen molar-refractivity contribution in [1.29, 1.82) is 0 Å². The van der Waals surface area contributed by atoms with Crippen molar-refractivity contribution in [1.82, 2.24) is 10.2 Å². The summed E-state index contributed by atoms with van der Waals surface area (Å²) in [4.78, 5) is 14.7. The number of allylic oxidation sites excluding steroid dienone is 1. The van der Waals surface area contributed by atoms with E-state index in [4.69, 9.17) is 4.74 Å². The van der Waals surface area contributed by atoms with Crippen molar-refractivity contribution in [3.63, 3.8) is 0 Å². The highest BCUT2D eigenvalue weighted by molar-refractivity contribution is 5.80. The van der Waals surface area contributed by atoms with Crippen LogP contribution in [0.2, 0.25) is 0 Å². The van der Waals surface area contributed by atoms with Crippen LogP contribution in [0.1, 0.15) is 59.8 Å². The third kappa shape index (κ3) is 5.75. The molecular weight excluding hydrogens is 300 g/mol. The van der Waals surface area contributed by atoms with Crippen LogP contribution < -0.4 is 5.32 Å². The van der Waals surface area contributed by atoms with E-state index in [0.29, 0.717) is 6.54 Å². The lowest BCUT2D eigenvalue weighted by molar-refractivity contribution is -0.149. The monoisotopic (exact) mass is 336 g/mol. The van der Waals surface area contributed by atoms with Gasteiger partial charge in [0.05, 0.1) is 7.11 Å². The van der Waals surface area contributed by atoms with Crippen molar-refractivity contribution < 1.29 is 9.53 Å². The van der Waals surface area contributed by atoms with Gasteiger partial charge in [0.1, 0.15) is 5.54 Å². The van der Waals surface area contributed by atoms with Crippen LogP contribution in [-0.2, 0) is 9.53 Å². The second kappa shape index (κ2) is 10.7. The summed E-state index contributed by atoms with van der Waals surface area (Å²) in [5.74, 6) is -0.167. The van der Waals surface area contributed by atoms with Gasteiger partial charge in [0.15, 0.2) is 0 Å². The van der Waals surface area contributed by atoms with E-state index in [1.54, 1.807) is 0 Å². The number of methoxy groups -OCH3 is 1. The summed E-state index contributed by atoms with van der Waals surface area (Å²) < 4.78 is 5.01. The lowest BCUT2D eigenvalue weighted by atomic mass is 9.92. The first-order valence-corrected chi connectivity index (χ1v) is 9.45. The van der Waals surface area contributed by atoms with Gasteiger partial charge in [0.2, 0.25) is 0 Å². The van der Waals surface area contributed by atoms with Crippen molar-refractivity contribution >= 4 is 5.97 Å². The number of hydrogen-bond donors (Lipinski definition) is 1. The number of rotatable bonds is 10. The Kier molecular flexibility index (Phi) is 9.30. The van der Waals surface area contributed by atoms with Gasteiger partial charge in [0.25, 0.3) is 0 Å². The third-order valence-electron chi connectivity index (χ3n) is 5.25. The van der Waals surface area contributed by atoms with Gasteiger partial charge in [-0.05, 0) is 57.7 Å². The standard InChI is InChI=1S/C20H36N2O2/c1-6-17(14-18(7-2)16-22-12-10-11-13-22)15-21-20(8-3,9-4)19(23)24-5/h6,14,21H,7-13,15-16H2,1-5H3/b17-6+,18-14+. The summed E-state index contributed by atoms with van der Waals surface area (Å²) in [5.41, 5.74) is 2.11. The summed E-state index contributed by atoms with van der Waals surface area (Å²) in [5, 5.41) is 3.46. The molecule has 0 unspecified atom stereocenters. The van der Waals surface area contributed by atoms with Crippen molar-refractivity contribution in [2.24, 2.45) is 0 Å². The predicted molar refractivity (Wildman–Crippen MR) is 101 cm³/mol. The highest BCUT2D eigenvalue weighted by atomic mass is 16.5. The number of hydrogen-bond acceptors (Lipinski definition) is 4. The molecule has 0 atom stereocenters. The van der Waals surface area contributed by atoms with Crippen LogP contribution in [0.5, 0.6) is 0 Å². The van der Waals surface area contributed by atoms with E-state index in [-0.39, 0.29) is 5.97 Å². The molecule has 24 heavy (non-hydrogen) atoms. The van der Waals surface area contributed by atoms with Crippen molar-refractivity contribution in [3.8, 4) is 0 Å². The number of carbonyl (C=O) groups excluding carboxylic acids is 1. The minimum absolute atomic E-state index is 0.167. The molecule has 4 heteroatoms. The van der Waals surface area contributed by atoms with Gasteiger partial charge in [0, 0.05) is 13.1 Å². The number of carbonyl (C=O) groups is 1. The van der Waals surface area contributed by atoms with Crippen LogP contribution in [0.3, 0.4) is 0 Å². The van der Waals surface area contributed by atoms with E-state index in [1.807, 2.05) is 13.8 Å². The Hall–Kier alpha value is -1.13. The largest absolute Gasteiger partial charge is 0.468 e. The van der Waals surface area contributed by atoms with Crippen LogP contribution in [0.4, 0.5) is 0 Å². The van der Waals surface area contributed by atoms with Crippen molar-refractivity contribution in [3.05, 3.63) is 23.3 Å². The van der Waals surface area contributed by atoms with Crippen LogP contribution in [-0.4, -0.2) is 49.7 Å². The zero-order valence-corrected chi connectivity index (χ0v) is 16.3. The molecule has 0 bridgehead atoms. The van der Waals surface area contributed by atoms with Crippen LogP contribution in [0, 0.1) is 0 Å². The molecule has 0 saturated carbocycles. The molecule has 0 aromatic rings. The highest BCUT2D eigenvalue weighted by Crippen LogP contribution is 2.19. The maximum atomic E-state index is 12.2. The number of ether oxygens (including phenoxy) is 1. The van der Waals surface area contributed by atoms with Crippen LogP contribution in [0.15, 0.2) is 23.3 Å². The van der Waals surface area contributed by atoms with E-state index in [9.17, 15) is 4.79 Å². The molecule has 1 heterocycles. The van der Waals surface area contributed by atoms with Gasteiger partial charge in [-0.2, -0.15) is 0 Å². The number of nitrogens with one attached hydrogen (secondary N) is 1. The summed E-state index contributed by atoms with van der Waals surface area (Å²) in [6.45, 7) is 12.5. The molecule has 138 valence electrons. The van der Waals surface area contributed by atoms with Crippen molar-refractivity contribution in [2.45, 2.75) is 65.3 Å². The fourth-order valence-electron chi connectivity index (χ4n) is 3.31. The van der Waals surface area contributed by atoms with E-state index in [1.165, 1.54) is 44.2 Å². The molecule has 0 aliphatic carbocycles. The maximum absolute atomic E-state index is 12.2. The van der Waals surface area contributed by atoms with E-state index in [0.717, 1.165) is 25.8 Å². The Morgan fingerprint density at radius 2 is 1.83 bits per heavy atom. The molecule has 1 N–H and O–H groups in total. The molecule has 0 aromatic carbocycles. The normalized spacial score (nSPS) is 17.4. The smallest absolute Gasteiger partial charge is 0.326 e. The fourth-order valence-corrected chi connectivity index (χ4v) is 3.31. The zero-order chi connectivity index (χ0) is 18.0. The SMILES string of the molecule is C/C=C(\C=C(/CC)CN1CCCC1)CNC(CC)(CC)C(=O)OC. The molecule has 1 fully saturated rings. The average molecular weight is 337 g/mol. The van der Waals surface area contributed by atoms with Gasteiger partial charge in [-0.1, -0.05) is 38.5 Å². The fraction of sp³-hybridized carbons (Fsp3) is 0.750. The van der Waals surface area contributed by atoms with E-state index in [2.05, 4.69) is 36.2 Å². The first-order chi connectivity index (χ1) is 11.5. The molecule has 0 aromatic heterocycles. The lowest BCUT2D eigenvalue weighted by Gasteiger charge is -2.30. The molecule has 1 aliphatic heterocycles. The predicted octanol–water partition coefficient (Wildman–Crippen LogP) is 3.69. The first kappa shape index (κ1) is 20.9. The number of esters is 1. The molecule has 0 radical (unpaired) electrons. The Balaban J connectivity index is 2.74. The Bertz CT molecular complexity index is 445. The summed E-state index contributed by atoms with van der Waals surface area (Å²) >= 11 is 0. The second-order valence-electron chi connectivity index (χ2n) is 6.64. The molecule has 0 spiro atoms. The molecule has 1 aliphatic rings. The minimum atomic E-state index is -0.585. The number of likely N-dealkylation sites (tertiary alicyclic amines) is 1. The molecule has 0 amide bonds. The number of nitrogens with zero attached hydrogens (tertiary/aromatic N) is 1. The Morgan fingerprint density at radius 1 is 1.21 bits per heavy atom. The topological polar surface area (TPSA) is 41.6 Å². The van der Waals surface area contributed by atoms with Gasteiger partial charge in [-0.25, -0.2) is 0 Å². The molecule has 1 saturated heterocycles. The average Bonchev–Trinajstić information content (AvgIpc) is 3.13. The lowest BCUT2D eigenvalue weighted by Crippen LogP contribution is -2.52. The summed E-state index contributed by atoms with van der Waals surface area (Å²) in [7, 11) is 1.46. The van der Waals surface area contributed by atoms with Gasteiger partial charge in [-0.15, -0.1) is 0 Å². The van der Waals surface area contributed by atoms with Gasteiger partial charge in [-0.3, -0.25) is 15.0 Å².